The molecule has 0 aliphatic carbocycles. The van der Waals surface area contributed by atoms with Crippen LogP contribution in [0.4, 0.5) is 15.8 Å². The van der Waals surface area contributed by atoms with Crippen molar-refractivity contribution in [2.45, 2.75) is 17.7 Å². The first-order chi connectivity index (χ1) is 10.0. The number of halogens is 1. The number of hydrogen-bond donors (Lipinski definition) is 2. The first-order valence-corrected chi connectivity index (χ1v) is 8.18. The summed E-state index contributed by atoms with van der Waals surface area (Å²) in [5, 5.41) is 3.24. The van der Waals surface area contributed by atoms with Crippen molar-refractivity contribution in [3.8, 4) is 0 Å². The monoisotopic (exact) mass is 306 g/mol. The molecule has 0 spiro atoms. The lowest BCUT2D eigenvalue weighted by Gasteiger charge is -2.18. The van der Waals surface area contributed by atoms with Crippen LogP contribution in [0.15, 0.2) is 47.4 Å². The molecule has 0 saturated carbocycles. The van der Waals surface area contributed by atoms with Crippen molar-refractivity contribution >= 4 is 21.4 Å². The van der Waals surface area contributed by atoms with Gasteiger partial charge >= 0.3 is 0 Å². The predicted molar refractivity (Wildman–Crippen MR) is 80.5 cm³/mol. The third-order valence-electron chi connectivity index (χ3n) is 3.42. The fourth-order valence-corrected chi connectivity index (χ4v) is 3.46. The molecule has 2 N–H and O–H groups in total. The minimum atomic E-state index is -3.66. The smallest absolute Gasteiger partial charge is 0.261 e. The standard InChI is InChI=1S/C15H15FN2O2S/c16-12-3-5-13(6-4-12)18-21(19,20)14-7-8-15-11(10-14)2-1-9-17-15/h3-8,10,17-18H,1-2,9H2. The molecule has 110 valence electrons. The number of sulfonamides is 1. The zero-order valence-electron chi connectivity index (χ0n) is 11.3. The van der Waals surface area contributed by atoms with E-state index in [2.05, 4.69) is 10.0 Å². The number of aryl methyl sites for hydroxylation is 1. The Kier molecular flexibility index (Phi) is 3.55. The number of hydrogen-bond acceptors (Lipinski definition) is 3. The molecule has 21 heavy (non-hydrogen) atoms. The molecular formula is C15H15FN2O2S. The minimum Gasteiger partial charge on any atom is -0.385 e. The van der Waals surface area contributed by atoms with Crippen molar-refractivity contribution in [3.05, 3.63) is 53.8 Å². The zero-order chi connectivity index (χ0) is 14.9. The van der Waals surface area contributed by atoms with Gasteiger partial charge in [-0.05, 0) is 60.9 Å². The molecule has 2 aromatic rings. The number of benzene rings is 2. The average molecular weight is 306 g/mol. The number of anilines is 2. The summed E-state index contributed by atoms with van der Waals surface area (Å²) in [6, 6.07) is 10.3. The van der Waals surface area contributed by atoms with E-state index in [1.54, 1.807) is 18.2 Å². The third-order valence-corrected chi connectivity index (χ3v) is 4.80. The second kappa shape index (κ2) is 5.37. The van der Waals surface area contributed by atoms with E-state index >= 15 is 0 Å². The molecule has 4 nitrogen and oxygen atoms in total. The van der Waals surface area contributed by atoms with Crippen LogP contribution in [0.2, 0.25) is 0 Å². The maximum Gasteiger partial charge on any atom is 0.261 e. The van der Waals surface area contributed by atoms with E-state index < -0.39 is 15.8 Å². The van der Waals surface area contributed by atoms with Crippen molar-refractivity contribution in [1.82, 2.24) is 0 Å². The van der Waals surface area contributed by atoms with E-state index in [1.807, 2.05) is 0 Å². The van der Waals surface area contributed by atoms with Gasteiger partial charge in [-0.15, -0.1) is 0 Å². The quantitative estimate of drug-likeness (QED) is 0.916. The Morgan fingerprint density at radius 1 is 1.10 bits per heavy atom. The molecule has 0 atom stereocenters. The highest BCUT2D eigenvalue weighted by Gasteiger charge is 2.17. The van der Waals surface area contributed by atoms with Crippen LogP contribution in [0.5, 0.6) is 0 Å². The Balaban J connectivity index is 1.89. The topological polar surface area (TPSA) is 58.2 Å². The van der Waals surface area contributed by atoms with Crippen molar-refractivity contribution in [2.75, 3.05) is 16.6 Å². The molecule has 0 unspecified atom stereocenters. The van der Waals surface area contributed by atoms with Crippen molar-refractivity contribution in [3.63, 3.8) is 0 Å². The van der Waals surface area contributed by atoms with Crippen LogP contribution in [0, 0.1) is 5.82 Å². The lowest BCUT2D eigenvalue weighted by Crippen LogP contribution is -2.16. The van der Waals surface area contributed by atoms with Crippen molar-refractivity contribution in [1.29, 1.82) is 0 Å². The predicted octanol–water partition coefficient (Wildman–Crippen LogP) is 2.98. The number of fused-ring (bicyclic) bond motifs is 1. The maximum absolute atomic E-state index is 12.8. The summed E-state index contributed by atoms with van der Waals surface area (Å²) in [7, 11) is -3.66. The Morgan fingerprint density at radius 3 is 2.62 bits per heavy atom. The van der Waals surface area contributed by atoms with Gasteiger partial charge in [0.1, 0.15) is 5.82 Å². The van der Waals surface area contributed by atoms with E-state index in [0.717, 1.165) is 30.6 Å². The molecule has 0 radical (unpaired) electrons. The third kappa shape index (κ3) is 3.00. The van der Waals surface area contributed by atoms with Crippen LogP contribution >= 0.6 is 0 Å². The summed E-state index contributed by atoms with van der Waals surface area (Å²) in [5.74, 6) is -0.405. The molecule has 2 aromatic carbocycles. The van der Waals surface area contributed by atoms with Gasteiger partial charge in [0.15, 0.2) is 0 Å². The van der Waals surface area contributed by atoms with E-state index in [9.17, 15) is 12.8 Å². The first kappa shape index (κ1) is 13.9. The van der Waals surface area contributed by atoms with E-state index in [0.29, 0.717) is 5.69 Å². The SMILES string of the molecule is O=S(=O)(Nc1ccc(F)cc1)c1ccc2c(c1)CCCN2. The molecule has 0 bridgehead atoms. The lowest BCUT2D eigenvalue weighted by atomic mass is 10.0. The molecule has 1 aliphatic rings. The van der Waals surface area contributed by atoms with Crippen LogP contribution in [0.25, 0.3) is 0 Å². The molecule has 0 fully saturated rings. The van der Waals surface area contributed by atoms with Gasteiger partial charge < -0.3 is 5.32 Å². The average Bonchev–Trinajstić information content (AvgIpc) is 2.49. The largest absolute Gasteiger partial charge is 0.385 e. The molecular weight excluding hydrogens is 291 g/mol. The lowest BCUT2D eigenvalue weighted by molar-refractivity contribution is 0.600. The summed E-state index contributed by atoms with van der Waals surface area (Å²) in [6.07, 6.45) is 1.85. The second-order valence-electron chi connectivity index (χ2n) is 4.96. The van der Waals surface area contributed by atoms with E-state index in [1.165, 1.54) is 24.3 Å². The van der Waals surface area contributed by atoms with Crippen LogP contribution in [0.1, 0.15) is 12.0 Å². The molecule has 1 aliphatic heterocycles. The fourth-order valence-electron chi connectivity index (χ4n) is 2.35. The number of rotatable bonds is 3. The summed E-state index contributed by atoms with van der Waals surface area (Å²) in [6.45, 7) is 0.910. The van der Waals surface area contributed by atoms with Gasteiger partial charge in [0.05, 0.1) is 4.90 Å². The Labute approximate surface area is 123 Å². The highest BCUT2D eigenvalue weighted by atomic mass is 32.2. The molecule has 1 heterocycles. The summed E-state index contributed by atoms with van der Waals surface area (Å²) in [4.78, 5) is 0.217. The van der Waals surface area contributed by atoms with E-state index in [-0.39, 0.29) is 4.90 Å². The Hall–Kier alpha value is -2.08. The van der Waals surface area contributed by atoms with Gasteiger partial charge in [-0.1, -0.05) is 0 Å². The van der Waals surface area contributed by atoms with Crippen LogP contribution in [-0.4, -0.2) is 15.0 Å². The van der Waals surface area contributed by atoms with Gasteiger partial charge in [-0.2, -0.15) is 0 Å². The second-order valence-corrected chi connectivity index (χ2v) is 6.64. The maximum atomic E-state index is 12.8. The van der Waals surface area contributed by atoms with Gasteiger partial charge in [-0.3, -0.25) is 4.72 Å². The minimum absolute atomic E-state index is 0.217. The number of nitrogens with one attached hydrogen (secondary N) is 2. The first-order valence-electron chi connectivity index (χ1n) is 6.70. The van der Waals surface area contributed by atoms with Crippen molar-refractivity contribution < 1.29 is 12.8 Å². The molecule has 0 aromatic heterocycles. The molecule has 6 heteroatoms. The van der Waals surface area contributed by atoms with Gasteiger partial charge in [0, 0.05) is 17.9 Å². The van der Waals surface area contributed by atoms with Crippen LogP contribution in [-0.2, 0) is 16.4 Å². The van der Waals surface area contributed by atoms with Gasteiger partial charge in [0.2, 0.25) is 0 Å². The van der Waals surface area contributed by atoms with Gasteiger partial charge in [0.25, 0.3) is 10.0 Å². The van der Waals surface area contributed by atoms with Crippen molar-refractivity contribution in [2.24, 2.45) is 0 Å². The van der Waals surface area contributed by atoms with E-state index in [4.69, 9.17) is 0 Å². The Morgan fingerprint density at radius 2 is 1.86 bits per heavy atom. The summed E-state index contributed by atoms with van der Waals surface area (Å²) < 4.78 is 40.0. The summed E-state index contributed by atoms with van der Waals surface area (Å²) >= 11 is 0. The zero-order valence-corrected chi connectivity index (χ0v) is 12.1. The molecule has 0 amide bonds. The highest BCUT2D eigenvalue weighted by Crippen LogP contribution is 2.26. The van der Waals surface area contributed by atoms with Gasteiger partial charge in [-0.25, -0.2) is 12.8 Å². The highest BCUT2D eigenvalue weighted by molar-refractivity contribution is 7.92. The molecule has 3 rings (SSSR count). The normalized spacial score (nSPS) is 14.1. The van der Waals surface area contributed by atoms with Crippen LogP contribution < -0.4 is 10.0 Å². The Bertz CT molecular complexity index is 758. The van der Waals surface area contributed by atoms with Crippen LogP contribution in [0.3, 0.4) is 0 Å². The molecule has 0 saturated heterocycles. The summed E-state index contributed by atoms with van der Waals surface area (Å²) in [5.41, 5.74) is 2.33. The fraction of sp³-hybridized carbons (Fsp3) is 0.200.